The summed E-state index contributed by atoms with van der Waals surface area (Å²) in [4.78, 5) is 34.3. The van der Waals surface area contributed by atoms with E-state index in [2.05, 4.69) is 10.6 Å². The summed E-state index contributed by atoms with van der Waals surface area (Å²) >= 11 is 0. The van der Waals surface area contributed by atoms with Gasteiger partial charge in [0.25, 0.3) is 0 Å². The zero-order valence-electron chi connectivity index (χ0n) is 11.6. The lowest BCUT2D eigenvalue weighted by Crippen LogP contribution is -2.56. The fraction of sp³-hybridized carbons (Fsp3) is 0.357. The third-order valence-corrected chi connectivity index (χ3v) is 3.52. The zero-order chi connectivity index (χ0) is 15.6. The molecule has 21 heavy (non-hydrogen) atoms. The molecule has 7 nitrogen and oxygen atoms in total. The first-order valence-electron chi connectivity index (χ1n) is 6.57. The van der Waals surface area contributed by atoms with Crippen molar-refractivity contribution in [1.29, 1.82) is 0 Å². The van der Waals surface area contributed by atoms with Gasteiger partial charge in [-0.25, -0.2) is 4.79 Å². The third-order valence-electron chi connectivity index (χ3n) is 3.52. The fourth-order valence-corrected chi connectivity index (χ4v) is 2.14. The number of nitrogens with one attached hydrogen (secondary N) is 2. The maximum absolute atomic E-state index is 12.1. The Bertz CT molecular complexity index is 608. The van der Waals surface area contributed by atoms with Gasteiger partial charge in [0.15, 0.2) is 0 Å². The van der Waals surface area contributed by atoms with E-state index in [0.717, 1.165) is 6.42 Å². The van der Waals surface area contributed by atoms with E-state index >= 15 is 0 Å². The number of carboxylic acid groups (broad SMARTS) is 1. The zero-order valence-corrected chi connectivity index (χ0v) is 11.6. The van der Waals surface area contributed by atoms with Gasteiger partial charge in [0.2, 0.25) is 11.8 Å². The molecule has 0 bridgehead atoms. The first-order valence-corrected chi connectivity index (χ1v) is 6.57. The van der Waals surface area contributed by atoms with Crippen LogP contribution in [0.25, 0.3) is 0 Å². The number of rotatable bonds is 4. The number of hydrogen-bond acceptors (Lipinski definition) is 4. The van der Waals surface area contributed by atoms with Crippen LogP contribution in [0.2, 0.25) is 0 Å². The number of carbonyl (C=O) groups is 3. The third kappa shape index (κ3) is 3.19. The number of nitrogens with two attached hydrogens (primary N) is 1. The predicted octanol–water partition coefficient (Wildman–Crippen LogP) is 1.16. The molecule has 0 radical (unpaired) electrons. The van der Waals surface area contributed by atoms with Crippen LogP contribution in [0.4, 0.5) is 11.4 Å². The number of hydrogen-bond donors (Lipinski definition) is 4. The lowest BCUT2D eigenvalue weighted by Gasteiger charge is -2.36. The lowest BCUT2D eigenvalue weighted by molar-refractivity contribution is -0.123. The Kier molecular flexibility index (Phi) is 3.95. The molecule has 1 aliphatic carbocycles. The summed E-state index contributed by atoms with van der Waals surface area (Å²) in [5, 5.41) is 14.3. The monoisotopic (exact) mass is 291 g/mol. The van der Waals surface area contributed by atoms with Gasteiger partial charge in [0, 0.05) is 12.6 Å². The molecule has 0 aromatic heterocycles. The molecule has 7 heteroatoms. The molecular formula is C14H17N3O4. The number of carbonyl (C=O) groups excluding carboxylic acids is 2. The maximum atomic E-state index is 12.1. The van der Waals surface area contributed by atoms with Gasteiger partial charge in [0.1, 0.15) is 0 Å². The van der Waals surface area contributed by atoms with Gasteiger partial charge in [-0.15, -0.1) is 0 Å². The summed E-state index contributed by atoms with van der Waals surface area (Å²) in [5.74, 6) is -1.89. The normalized spacial score (nSPS) is 15.7. The van der Waals surface area contributed by atoms with Gasteiger partial charge in [-0.2, -0.15) is 0 Å². The van der Waals surface area contributed by atoms with Crippen molar-refractivity contribution in [3.05, 3.63) is 23.8 Å². The van der Waals surface area contributed by atoms with Gasteiger partial charge < -0.3 is 21.5 Å². The van der Waals surface area contributed by atoms with E-state index in [9.17, 15) is 19.5 Å². The predicted molar refractivity (Wildman–Crippen MR) is 77.1 cm³/mol. The summed E-state index contributed by atoms with van der Waals surface area (Å²) in [5.41, 5.74) is 5.41. The first kappa shape index (κ1) is 15.0. The van der Waals surface area contributed by atoms with Gasteiger partial charge in [-0.1, -0.05) is 0 Å². The van der Waals surface area contributed by atoms with E-state index in [0.29, 0.717) is 18.5 Å². The summed E-state index contributed by atoms with van der Waals surface area (Å²) in [6, 6.07) is 4.26. The molecule has 0 aliphatic heterocycles. The van der Waals surface area contributed by atoms with E-state index in [1.165, 1.54) is 25.1 Å². The van der Waals surface area contributed by atoms with Gasteiger partial charge in [-0.05, 0) is 37.5 Å². The summed E-state index contributed by atoms with van der Waals surface area (Å²) in [6.45, 7) is 1.32. The van der Waals surface area contributed by atoms with Crippen molar-refractivity contribution < 1.29 is 19.5 Å². The number of amides is 2. The smallest absolute Gasteiger partial charge is 0.337 e. The molecule has 1 aromatic carbocycles. The average Bonchev–Trinajstić information content (AvgIpc) is 2.36. The van der Waals surface area contributed by atoms with Crippen LogP contribution in [0.15, 0.2) is 18.2 Å². The highest BCUT2D eigenvalue weighted by Gasteiger charge is 2.40. The Morgan fingerprint density at radius 3 is 2.38 bits per heavy atom. The topological polar surface area (TPSA) is 122 Å². The van der Waals surface area contributed by atoms with Crippen LogP contribution in [0.5, 0.6) is 0 Å². The van der Waals surface area contributed by atoms with Crippen molar-refractivity contribution in [2.75, 3.05) is 10.6 Å². The molecule has 0 heterocycles. The number of benzene rings is 1. The number of aromatic carboxylic acids is 1. The first-order chi connectivity index (χ1) is 9.82. The Hall–Kier alpha value is -2.41. The van der Waals surface area contributed by atoms with Crippen molar-refractivity contribution >= 4 is 29.2 Å². The van der Waals surface area contributed by atoms with Crippen molar-refractivity contribution in [2.45, 2.75) is 31.7 Å². The maximum Gasteiger partial charge on any atom is 0.337 e. The number of carboxylic acids is 1. The van der Waals surface area contributed by atoms with Gasteiger partial charge in [-0.3, -0.25) is 9.59 Å². The quantitative estimate of drug-likeness (QED) is 0.663. The van der Waals surface area contributed by atoms with Crippen LogP contribution >= 0.6 is 0 Å². The Balaban J connectivity index is 2.24. The van der Waals surface area contributed by atoms with E-state index in [1.807, 2.05) is 0 Å². The van der Waals surface area contributed by atoms with Crippen molar-refractivity contribution in [2.24, 2.45) is 5.73 Å². The standard InChI is InChI=1S/C14H17N3O4/c1-8(18)16-9-3-4-11(10(7-9)12(19)20)17-13(21)14(15)5-2-6-14/h3-4,7H,2,5-6,15H2,1H3,(H,16,18)(H,17,21)(H,19,20). The van der Waals surface area contributed by atoms with E-state index in [1.54, 1.807) is 0 Å². The average molecular weight is 291 g/mol. The Morgan fingerprint density at radius 1 is 1.24 bits per heavy atom. The van der Waals surface area contributed by atoms with Crippen LogP contribution in [0.1, 0.15) is 36.5 Å². The second kappa shape index (κ2) is 5.53. The molecule has 0 unspecified atom stereocenters. The van der Waals surface area contributed by atoms with Crippen LogP contribution in [0.3, 0.4) is 0 Å². The molecule has 1 aromatic rings. The second-order valence-electron chi connectivity index (χ2n) is 5.21. The summed E-state index contributed by atoms with van der Waals surface area (Å²) < 4.78 is 0. The van der Waals surface area contributed by atoms with E-state index in [4.69, 9.17) is 5.73 Å². The molecule has 0 saturated heterocycles. The molecular weight excluding hydrogens is 274 g/mol. The molecule has 2 rings (SSSR count). The van der Waals surface area contributed by atoms with Gasteiger partial charge >= 0.3 is 5.97 Å². The second-order valence-corrected chi connectivity index (χ2v) is 5.21. The van der Waals surface area contributed by atoms with E-state index < -0.39 is 11.5 Å². The fourth-order valence-electron chi connectivity index (χ4n) is 2.14. The molecule has 1 saturated carbocycles. The highest BCUT2D eigenvalue weighted by molar-refractivity contribution is 6.05. The van der Waals surface area contributed by atoms with Crippen LogP contribution in [-0.4, -0.2) is 28.4 Å². The molecule has 0 spiro atoms. The molecule has 2 amide bonds. The van der Waals surface area contributed by atoms with Crippen molar-refractivity contribution in [1.82, 2.24) is 0 Å². The molecule has 5 N–H and O–H groups in total. The minimum atomic E-state index is -1.20. The van der Waals surface area contributed by atoms with Crippen LogP contribution < -0.4 is 16.4 Å². The van der Waals surface area contributed by atoms with Crippen LogP contribution in [-0.2, 0) is 9.59 Å². The highest BCUT2D eigenvalue weighted by Crippen LogP contribution is 2.31. The van der Waals surface area contributed by atoms with E-state index in [-0.39, 0.29) is 23.1 Å². The van der Waals surface area contributed by atoms with Crippen molar-refractivity contribution in [3.63, 3.8) is 0 Å². The molecule has 112 valence electrons. The highest BCUT2D eigenvalue weighted by atomic mass is 16.4. The van der Waals surface area contributed by atoms with Crippen molar-refractivity contribution in [3.8, 4) is 0 Å². The summed E-state index contributed by atoms with van der Waals surface area (Å²) in [6.07, 6.45) is 2.06. The lowest BCUT2D eigenvalue weighted by atomic mass is 9.77. The molecule has 0 atom stereocenters. The minimum Gasteiger partial charge on any atom is -0.478 e. The summed E-state index contributed by atoms with van der Waals surface area (Å²) in [7, 11) is 0. The molecule has 1 aliphatic rings. The van der Waals surface area contributed by atoms with Gasteiger partial charge in [0.05, 0.1) is 16.8 Å². The SMILES string of the molecule is CC(=O)Nc1ccc(NC(=O)C2(N)CCC2)c(C(=O)O)c1. The minimum absolute atomic E-state index is 0.0995. The largest absolute Gasteiger partial charge is 0.478 e. The Morgan fingerprint density at radius 2 is 1.90 bits per heavy atom. The Labute approximate surface area is 121 Å². The number of anilines is 2. The van der Waals surface area contributed by atoms with Crippen LogP contribution in [0, 0.1) is 0 Å². The molecule has 1 fully saturated rings.